The molecule has 0 atom stereocenters. The zero-order valence-electron chi connectivity index (χ0n) is 8.80. The van der Waals surface area contributed by atoms with E-state index in [9.17, 15) is 0 Å². The molecular formula is C12H22O. The molecular weight excluding hydrogens is 160 g/mol. The molecule has 0 N–H and O–H groups in total. The summed E-state index contributed by atoms with van der Waals surface area (Å²) in [4.78, 5) is 0. The number of hydrogen-bond acceptors (Lipinski definition) is 1. The van der Waals surface area contributed by atoms with Gasteiger partial charge in [-0.25, -0.2) is 0 Å². The number of ether oxygens (including phenoxy) is 1. The van der Waals surface area contributed by atoms with Gasteiger partial charge in [-0.15, -0.1) is 6.58 Å². The molecule has 1 fully saturated rings. The molecule has 0 saturated heterocycles. The fourth-order valence-corrected chi connectivity index (χ4v) is 2.20. The van der Waals surface area contributed by atoms with Gasteiger partial charge in [-0.05, 0) is 31.6 Å². The van der Waals surface area contributed by atoms with Crippen LogP contribution < -0.4 is 0 Å². The number of hydrogen-bond donors (Lipinski definition) is 0. The van der Waals surface area contributed by atoms with E-state index in [1.165, 1.54) is 38.5 Å². The van der Waals surface area contributed by atoms with E-state index in [1.807, 2.05) is 6.08 Å². The van der Waals surface area contributed by atoms with Gasteiger partial charge < -0.3 is 4.74 Å². The summed E-state index contributed by atoms with van der Waals surface area (Å²) in [6.45, 7) is 6.67. The van der Waals surface area contributed by atoms with Crippen LogP contribution in [0.3, 0.4) is 0 Å². The van der Waals surface area contributed by atoms with Gasteiger partial charge in [0.15, 0.2) is 0 Å². The summed E-state index contributed by atoms with van der Waals surface area (Å²) in [5, 5.41) is 0. The first-order valence-corrected chi connectivity index (χ1v) is 5.59. The first kappa shape index (κ1) is 10.8. The molecule has 76 valence electrons. The lowest BCUT2D eigenvalue weighted by Crippen LogP contribution is -2.21. The van der Waals surface area contributed by atoms with Crippen molar-refractivity contribution >= 4 is 0 Å². The van der Waals surface area contributed by atoms with Crippen molar-refractivity contribution < 1.29 is 4.74 Å². The molecule has 0 spiro atoms. The van der Waals surface area contributed by atoms with Gasteiger partial charge in [0.1, 0.15) is 0 Å². The Morgan fingerprint density at radius 3 is 2.54 bits per heavy atom. The Balaban J connectivity index is 2.11. The molecule has 0 aliphatic heterocycles. The van der Waals surface area contributed by atoms with Crippen molar-refractivity contribution in [1.82, 2.24) is 0 Å². The van der Waals surface area contributed by atoms with E-state index in [-0.39, 0.29) is 0 Å². The standard InChI is InChI=1S/C12H22O/c1-3-5-11-6-8-12(9-7-11)13-10-4-2/h4,11-12H,2-3,5-10H2,1H3/t11-,12-. The first-order chi connectivity index (χ1) is 6.36. The van der Waals surface area contributed by atoms with Crippen molar-refractivity contribution in [2.75, 3.05) is 6.61 Å². The van der Waals surface area contributed by atoms with Crippen LogP contribution in [0.25, 0.3) is 0 Å². The molecule has 1 nitrogen and oxygen atoms in total. The topological polar surface area (TPSA) is 9.23 Å². The van der Waals surface area contributed by atoms with E-state index in [1.54, 1.807) is 0 Å². The smallest absolute Gasteiger partial charge is 0.0648 e. The maximum atomic E-state index is 5.64. The van der Waals surface area contributed by atoms with E-state index < -0.39 is 0 Å². The highest BCUT2D eigenvalue weighted by Gasteiger charge is 2.20. The first-order valence-electron chi connectivity index (χ1n) is 5.59. The molecule has 0 aromatic rings. The Hall–Kier alpha value is -0.300. The van der Waals surface area contributed by atoms with E-state index in [0.29, 0.717) is 6.10 Å². The van der Waals surface area contributed by atoms with Crippen molar-refractivity contribution in [2.24, 2.45) is 5.92 Å². The molecule has 1 heteroatoms. The zero-order chi connectivity index (χ0) is 9.52. The lowest BCUT2D eigenvalue weighted by molar-refractivity contribution is 0.0337. The van der Waals surface area contributed by atoms with Gasteiger partial charge in [0.2, 0.25) is 0 Å². The van der Waals surface area contributed by atoms with Crippen molar-refractivity contribution in [3.05, 3.63) is 12.7 Å². The highest BCUT2D eigenvalue weighted by atomic mass is 16.5. The summed E-state index contributed by atoms with van der Waals surface area (Å²) in [5.74, 6) is 0.980. The SMILES string of the molecule is C=CCO[C@H]1CC[C@H](CCC)CC1. The van der Waals surface area contributed by atoms with Crippen LogP contribution in [0.4, 0.5) is 0 Å². The molecule has 0 amide bonds. The molecule has 1 saturated carbocycles. The zero-order valence-corrected chi connectivity index (χ0v) is 8.80. The fourth-order valence-electron chi connectivity index (χ4n) is 2.20. The molecule has 0 radical (unpaired) electrons. The maximum absolute atomic E-state index is 5.64. The summed E-state index contributed by atoms with van der Waals surface area (Å²) in [6, 6.07) is 0. The fraction of sp³-hybridized carbons (Fsp3) is 0.833. The summed E-state index contributed by atoms with van der Waals surface area (Å²) < 4.78 is 5.64. The predicted molar refractivity (Wildman–Crippen MR) is 56.8 cm³/mol. The highest BCUT2D eigenvalue weighted by Crippen LogP contribution is 2.29. The maximum Gasteiger partial charge on any atom is 0.0648 e. The summed E-state index contributed by atoms with van der Waals surface area (Å²) in [6.07, 6.45) is 10.4. The van der Waals surface area contributed by atoms with Gasteiger partial charge in [-0.1, -0.05) is 25.8 Å². The Kier molecular flexibility index (Phi) is 5.14. The minimum absolute atomic E-state index is 0.520. The third kappa shape index (κ3) is 3.95. The third-order valence-electron chi connectivity index (χ3n) is 2.94. The Labute approximate surface area is 82.2 Å². The second kappa shape index (κ2) is 6.20. The molecule has 1 aliphatic carbocycles. The minimum atomic E-state index is 0.520. The molecule has 0 aromatic heterocycles. The van der Waals surface area contributed by atoms with Crippen LogP contribution >= 0.6 is 0 Å². The highest BCUT2D eigenvalue weighted by molar-refractivity contribution is 4.74. The second-order valence-corrected chi connectivity index (χ2v) is 4.05. The molecule has 0 unspecified atom stereocenters. The molecule has 0 bridgehead atoms. The average Bonchev–Trinajstić information content (AvgIpc) is 2.17. The average molecular weight is 182 g/mol. The van der Waals surface area contributed by atoms with Crippen LogP contribution in [0.1, 0.15) is 45.4 Å². The van der Waals surface area contributed by atoms with Crippen molar-refractivity contribution in [3.8, 4) is 0 Å². The molecule has 1 rings (SSSR count). The molecule has 0 heterocycles. The van der Waals surface area contributed by atoms with E-state index in [4.69, 9.17) is 4.74 Å². The van der Waals surface area contributed by atoms with Crippen LogP contribution in [0.15, 0.2) is 12.7 Å². The Morgan fingerprint density at radius 1 is 1.31 bits per heavy atom. The van der Waals surface area contributed by atoms with E-state index >= 15 is 0 Å². The largest absolute Gasteiger partial charge is 0.374 e. The monoisotopic (exact) mass is 182 g/mol. The van der Waals surface area contributed by atoms with Gasteiger partial charge in [0, 0.05) is 0 Å². The van der Waals surface area contributed by atoms with Gasteiger partial charge in [0.05, 0.1) is 12.7 Å². The van der Waals surface area contributed by atoms with Gasteiger partial charge in [-0.3, -0.25) is 0 Å². The predicted octanol–water partition coefficient (Wildman–Crippen LogP) is 3.55. The molecule has 0 aromatic carbocycles. The van der Waals surface area contributed by atoms with Gasteiger partial charge in [0.25, 0.3) is 0 Å². The summed E-state index contributed by atoms with van der Waals surface area (Å²) >= 11 is 0. The van der Waals surface area contributed by atoms with Crippen molar-refractivity contribution in [3.63, 3.8) is 0 Å². The van der Waals surface area contributed by atoms with Crippen molar-refractivity contribution in [1.29, 1.82) is 0 Å². The lowest BCUT2D eigenvalue weighted by Gasteiger charge is -2.27. The molecule has 1 aliphatic rings. The van der Waals surface area contributed by atoms with Crippen LogP contribution in [0.2, 0.25) is 0 Å². The Bertz CT molecular complexity index is 134. The van der Waals surface area contributed by atoms with Crippen molar-refractivity contribution in [2.45, 2.75) is 51.6 Å². The summed E-state index contributed by atoms with van der Waals surface area (Å²) in [5.41, 5.74) is 0. The van der Waals surface area contributed by atoms with Gasteiger partial charge in [-0.2, -0.15) is 0 Å². The quantitative estimate of drug-likeness (QED) is 0.591. The summed E-state index contributed by atoms with van der Waals surface area (Å²) in [7, 11) is 0. The van der Waals surface area contributed by atoms with Crippen LogP contribution in [-0.4, -0.2) is 12.7 Å². The second-order valence-electron chi connectivity index (χ2n) is 4.05. The van der Waals surface area contributed by atoms with Gasteiger partial charge >= 0.3 is 0 Å². The van der Waals surface area contributed by atoms with Crippen LogP contribution in [0.5, 0.6) is 0 Å². The van der Waals surface area contributed by atoms with Crippen LogP contribution in [-0.2, 0) is 4.74 Å². The minimum Gasteiger partial charge on any atom is -0.374 e. The normalized spacial score (nSPS) is 28.7. The van der Waals surface area contributed by atoms with Crippen LogP contribution in [0, 0.1) is 5.92 Å². The van der Waals surface area contributed by atoms with E-state index in [2.05, 4.69) is 13.5 Å². The van der Waals surface area contributed by atoms with E-state index in [0.717, 1.165) is 12.5 Å². The third-order valence-corrected chi connectivity index (χ3v) is 2.94. The lowest BCUT2D eigenvalue weighted by atomic mass is 9.85. The molecule has 13 heavy (non-hydrogen) atoms. The Morgan fingerprint density at radius 2 is 2.00 bits per heavy atom. The number of rotatable bonds is 5.